The van der Waals surface area contributed by atoms with Crippen LogP contribution in [0.25, 0.3) is 0 Å². The van der Waals surface area contributed by atoms with Gasteiger partial charge in [0.1, 0.15) is 5.82 Å². The average molecular weight is 341 g/mol. The minimum absolute atomic E-state index is 0.0349. The average Bonchev–Trinajstić information content (AvgIpc) is 2.50. The Labute approximate surface area is 134 Å². The number of halogens is 2. The highest BCUT2D eigenvalue weighted by Crippen LogP contribution is 2.18. The quantitative estimate of drug-likeness (QED) is 0.842. The lowest BCUT2D eigenvalue weighted by Gasteiger charge is -2.09. The SMILES string of the molecule is CCOc1ccc(CNS(=O)(=O)Cc2ccc(F)cc2)cc1F. The van der Waals surface area contributed by atoms with Gasteiger partial charge < -0.3 is 4.74 Å². The molecule has 2 aromatic rings. The van der Waals surface area contributed by atoms with Gasteiger partial charge in [-0.1, -0.05) is 18.2 Å². The Bertz CT molecular complexity index is 761. The number of hydrogen-bond acceptors (Lipinski definition) is 3. The Hall–Kier alpha value is -1.99. The molecular weight excluding hydrogens is 324 g/mol. The molecule has 23 heavy (non-hydrogen) atoms. The topological polar surface area (TPSA) is 55.4 Å². The molecule has 0 fully saturated rings. The Morgan fingerprint density at radius 2 is 1.70 bits per heavy atom. The van der Waals surface area contributed by atoms with Crippen molar-refractivity contribution in [2.75, 3.05) is 6.61 Å². The lowest BCUT2D eigenvalue weighted by atomic mass is 10.2. The summed E-state index contributed by atoms with van der Waals surface area (Å²) in [5.41, 5.74) is 0.949. The van der Waals surface area contributed by atoms with E-state index in [1.807, 2.05) is 0 Å². The minimum atomic E-state index is -3.61. The molecule has 0 amide bonds. The first kappa shape index (κ1) is 17.4. The molecule has 2 rings (SSSR count). The molecule has 0 spiro atoms. The molecule has 4 nitrogen and oxygen atoms in total. The van der Waals surface area contributed by atoms with Crippen LogP contribution < -0.4 is 9.46 Å². The number of sulfonamides is 1. The van der Waals surface area contributed by atoms with Crippen molar-refractivity contribution >= 4 is 10.0 Å². The molecule has 124 valence electrons. The van der Waals surface area contributed by atoms with Gasteiger partial charge in [-0.2, -0.15) is 0 Å². The first-order valence-electron chi connectivity index (χ1n) is 7.02. The molecule has 0 aromatic heterocycles. The number of nitrogens with one attached hydrogen (secondary N) is 1. The van der Waals surface area contributed by atoms with Gasteiger partial charge in [0.2, 0.25) is 10.0 Å². The van der Waals surface area contributed by atoms with Gasteiger partial charge >= 0.3 is 0 Å². The van der Waals surface area contributed by atoms with Crippen LogP contribution in [0.4, 0.5) is 8.78 Å². The van der Waals surface area contributed by atoms with E-state index in [0.29, 0.717) is 17.7 Å². The molecule has 0 aliphatic rings. The van der Waals surface area contributed by atoms with Crippen molar-refractivity contribution in [3.63, 3.8) is 0 Å². The van der Waals surface area contributed by atoms with E-state index < -0.39 is 21.7 Å². The highest BCUT2D eigenvalue weighted by Gasteiger charge is 2.12. The normalized spacial score (nSPS) is 11.4. The van der Waals surface area contributed by atoms with Crippen molar-refractivity contribution in [2.45, 2.75) is 19.2 Å². The Balaban J connectivity index is 1.98. The number of benzene rings is 2. The fraction of sp³-hybridized carbons (Fsp3) is 0.250. The third-order valence-corrected chi connectivity index (χ3v) is 4.36. The molecule has 0 saturated carbocycles. The van der Waals surface area contributed by atoms with Gasteiger partial charge in [0.05, 0.1) is 12.4 Å². The largest absolute Gasteiger partial charge is 0.491 e. The predicted molar refractivity (Wildman–Crippen MR) is 83.4 cm³/mol. The van der Waals surface area contributed by atoms with Gasteiger partial charge in [0, 0.05) is 6.54 Å². The first-order chi connectivity index (χ1) is 10.9. The van der Waals surface area contributed by atoms with Gasteiger partial charge in [-0.25, -0.2) is 21.9 Å². The van der Waals surface area contributed by atoms with E-state index in [1.165, 1.54) is 36.4 Å². The summed E-state index contributed by atoms with van der Waals surface area (Å²) < 4.78 is 58.0. The second-order valence-corrected chi connectivity index (χ2v) is 6.71. The standard InChI is InChI=1S/C16H17F2NO3S/c1-2-22-16-8-5-13(9-15(16)18)10-19-23(20,21)11-12-3-6-14(17)7-4-12/h3-9,19H,2,10-11H2,1H3. The van der Waals surface area contributed by atoms with Crippen molar-refractivity contribution in [2.24, 2.45) is 0 Å². The van der Waals surface area contributed by atoms with Crippen LogP contribution in [0.1, 0.15) is 18.1 Å². The molecule has 0 saturated heterocycles. The highest BCUT2D eigenvalue weighted by atomic mass is 32.2. The molecule has 0 heterocycles. The summed E-state index contributed by atoms with van der Waals surface area (Å²) >= 11 is 0. The molecule has 0 aliphatic heterocycles. The van der Waals surface area contributed by atoms with Crippen molar-refractivity contribution in [3.05, 3.63) is 65.2 Å². The zero-order valence-electron chi connectivity index (χ0n) is 12.6. The van der Waals surface area contributed by atoms with Crippen LogP contribution in [0.2, 0.25) is 0 Å². The van der Waals surface area contributed by atoms with Crippen LogP contribution >= 0.6 is 0 Å². The van der Waals surface area contributed by atoms with Gasteiger partial charge in [-0.3, -0.25) is 0 Å². The highest BCUT2D eigenvalue weighted by molar-refractivity contribution is 7.88. The Morgan fingerprint density at radius 1 is 1.04 bits per heavy atom. The fourth-order valence-electron chi connectivity index (χ4n) is 1.97. The second kappa shape index (κ2) is 7.52. The van der Waals surface area contributed by atoms with Crippen molar-refractivity contribution in [1.82, 2.24) is 4.72 Å². The zero-order valence-corrected chi connectivity index (χ0v) is 13.4. The summed E-state index contributed by atoms with van der Waals surface area (Å²) in [7, 11) is -3.61. The summed E-state index contributed by atoms with van der Waals surface area (Å²) in [5.74, 6) is -1.11. The van der Waals surface area contributed by atoms with Crippen LogP contribution in [0, 0.1) is 11.6 Å². The summed E-state index contributed by atoms with van der Waals surface area (Å²) in [6, 6.07) is 9.50. The number of ether oxygens (including phenoxy) is 1. The van der Waals surface area contributed by atoms with Crippen LogP contribution in [0.5, 0.6) is 5.75 Å². The molecule has 0 radical (unpaired) electrons. The van der Waals surface area contributed by atoms with Crippen molar-refractivity contribution in [3.8, 4) is 5.75 Å². The van der Waals surface area contributed by atoms with Gasteiger partial charge in [-0.15, -0.1) is 0 Å². The molecule has 2 aromatic carbocycles. The molecular formula is C16H17F2NO3S. The van der Waals surface area contributed by atoms with Crippen molar-refractivity contribution < 1.29 is 21.9 Å². The van der Waals surface area contributed by atoms with E-state index in [0.717, 1.165) is 0 Å². The summed E-state index contributed by atoms with van der Waals surface area (Å²) in [6.07, 6.45) is 0. The second-order valence-electron chi connectivity index (χ2n) is 4.90. The van der Waals surface area contributed by atoms with E-state index in [4.69, 9.17) is 4.74 Å². The smallest absolute Gasteiger partial charge is 0.216 e. The molecule has 0 aliphatic carbocycles. The monoisotopic (exact) mass is 341 g/mol. The van der Waals surface area contributed by atoms with Crippen LogP contribution in [-0.4, -0.2) is 15.0 Å². The zero-order chi connectivity index (χ0) is 16.9. The summed E-state index contributed by atoms with van der Waals surface area (Å²) in [5, 5.41) is 0. The Kier molecular flexibility index (Phi) is 5.68. The summed E-state index contributed by atoms with van der Waals surface area (Å²) in [4.78, 5) is 0. The predicted octanol–water partition coefficient (Wildman–Crippen LogP) is 2.98. The third-order valence-electron chi connectivity index (χ3n) is 3.06. The molecule has 0 bridgehead atoms. The fourth-order valence-corrected chi connectivity index (χ4v) is 3.09. The number of hydrogen-bond donors (Lipinski definition) is 1. The maximum absolute atomic E-state index is 13.7. The summed E-state index contributed by atoms with van der Waals surface area (Å²) in [6.45, 7) is 2.06. The maximum Gasteiger partial charge on any atom is 0.216 e. The molecule has 0 atom stereocenters. The van der Waals surface area contributed by atoms with Gasteiger partial charge in [-0.05, 0) is 42.3 Å². The lowest BCUT2D eigenvalue weighted by molar-refractivity contribution is 0.321. The molecule has 7 heteroatoms. The van der Waals surface area contributed by atoms with E-state index in [9.17, 15) is 17.2 Å². The number of rotatable bonds is 7. The van der Waals surface area contributed by atoms with E-state index >= 15 is 0 Å². The van der Waals surface area contributed by atoms with E-state index in [1.54, 1.807) is 13.0 Å². The van der Waals surface area contributed by atoms with Crippen LogP contribution in [0.3, 0.4) is 0 Å². The maximum atomic E-state index is 13.7. The van der Waals surface area contributed by atoms with Crippen molar-refractivity contribution in [1.29, 1.82) is 0 Å². The first-order valence-corrected chi connectivity index (χ1v) is 8.68. The van der Waals surface area contributed by atoms with E-state index in [-0.39, 0.29) is 18.0 Å². The van der Waals surface area contributed by atoms with E-state index in [2.05, 4.69) is 4.72 Å². The van der Waals surface area contributed by atoms with Crippen LogP contribution in [0.15, 0.2) is 42.5 Å². The molecule has 1 N–H and O–H groups in total. The van der Waals surface area contributed by atoms with Crippen LogP contribution in [-0.2, 0) is 22.3 Å². The minimum Gasteiger partial charge on any atom is -0.491 e. The van der Waals surface area contributed by atoms with Gasteiger partial charge in [0.25, 0.3) is 0 Å². The third kappa shape index (κ3) is 5.30. The molecule has 0 unspecified atom stereocenters. The Morgan fingerprint density at radius 3 is 2.30 bits per heavy atom. The lowest BCUT2D eigenvalue weighted by Crippen LogP contribution is -2.24. The van der Waals surface area contributed by atoms with Gasteiger partial charge in [0.15, 0.2) is 11.6 Å².